The highest BCUT2D eigenvalue weighted by Crippen LogP contribution is 2.40. The van der Waals surface area contributed by atoms with Crippen LogP contribution in [-0.4, -0.2) is 20.5 Å². The number of hydrogen-bond donors (Lipinski definition) is 0. The van der Waals surface area contributed by atoms with Gasteiger partial charge in [-0.15, -0.1) is 0 Å². The topological polar surface area (TPSA) is 57.9 Å². The second-order valence-corrected chi connectivity index (χ2v) is 7.48. The summed E-state index contributed by atoms with van der Waals surface area (Å²) in [7, 11) is -0.822. The number of fused-ring (bicyclic) bond motifs is 2. The summed E-state index contributed by atoms with van der Waals surface area (Å²) in [5.41, 5.74) is 0.290. The Labute approximate surface area is 119 Å². The molecule has 1 aromatic carbocycles. The second-order valence-electron chi connectivity index (χ2n) is 5.49. The van der Waals surface area contributed by atoms with E-state index in [0.29, 0.717) is 12.8 Å². The summed E-state index contributed by atoms with van der Waals surface area (Å²) in [6, 6.07) is 5.78. The largest absolute Gasteiger partial charge is 0.294 e. The number of rotatable bonds is 2. The number of hydrogen-bond acceptors (Lipinski definition) is 3. The Bertz CT molecular complexity index is 621. The lowest BCUT2D eigenvalue weighted by atomic mass is 9.89. The molecule has 5 heteroatoms. The Hall–Kier alpha value is -1.54. The fraction of sp³-hybridized carbons (Fsp3) is 0.467. The Morgan fingerprint density at radius 2 is 1.95 bits per heavy atom. The average molecular weight is 291 g/mol. The van der Waals surface area contributed by atoms with E-state index in [-0.39, 0.29) is 33.3 Å². The van der Waals surface area contributed by atoms with Crippen molar-refractivity contribution in [2.45, 2.75) is 36.2 Å². The highest BCUT2D eigenvalue weighted by atomic mass is 32.2. The third kappa shape index (κ3) is 2.18. The Kier molecular flexibility index (Phi) is 3.43. The van der Waals surface area contributed by atoms with Crippen molar-refractivity contribution in [3.8, 4) is 6.07 Å². The van der Waals surface area contributed by atoms with Gasteiger partial charge in [-0.05, 0) is 43.9 Å². The van der Waals surface area contributed by atoms with Gasteiger partial charge in [0.1, 0.15) is 5.82 Å². The van der Waals surface area contributed by atoms with Crippen LogP contribution >= 0.6 is 0 Å². The predicted molar refractivity (Wildman–Crippen MR) is 73.1 cm³/mol. The zero-order chi connectivity index (χ0) is 14.3. The molecule has 1 aromatic rings. The summed E-state index contributed by atoms with van der Waals surface area (Å²) in [4.78, 5) is 12.5. The van der Waals surface area contributed by atoms with Gasteiger partial charge >= 0.3 is 0 Å². The lowest BCUT2D eigenvalue weighted by Crippen LogP contribution is -2.32. The van der Waals surface area contributed by atoms with Gasteiger partial charge in [-0.1, -0.05) is 0 Å². The van der Waals surface area contributed by atoms with Crippen molar-refractivity contribution in [2.75, 3.05) is 0 Å². The summed E-state index contributed by atoms with van der Waals surface area (Å²) in [6.07, 6.45) is 2.97. The van der Waals surface area contributed by atoms with Gasteiger partial charge in [0.05, 0.1) is 17.2 Å². The van der Waals surface area contributed by atoms with Crippen LogP contribution in [0.25, 0.3) is 0 Å². The van der Waals surface area contributed by atoms with Gasteiger partial charge in [-0.25, -0.2) is 4.39 Å². The maximum atomic E-state index is 13.8. The zero-order valence-electron chi connectivity index (χ0n) is 10.8. The van der Waals surface area contributed by atoms with Crippen LogP contribution in [0.15, 0.2) is 18.2 Å². The van der Waals surface area contributed by atoms with E-state index >= 15 is 0 Å². The molecule has 2 fully saturated rings. The van der Waals surface area contributed by atoms with Gasteiger partial charge in [0.25, 0.3) is 0 Å². The van der Waals surface area contributed by atoms with E-state index in [1.54, 1.807) is 0 Å². The number of ketones is 1. The minimum Gasteiger partial charge on any atom is -0.294 e. The van der Waals surface area contributed by atoms with E-state index in [1.807, 2.05) is 6.07 Å². The lowest BCUT2D eigenvalue weighted by Gasteiger charge is -2.26. The molecule has 0 saturated carbocycles. The van der Waals surface area contributed by atoms with Crippen LogP contribution < -0.4 is 0 Å². The molecule has 0 aliphatic carbocycles. The Morgan fingerprint density at radius 3 is 2.55 bits per heavy atom. The number of Topliss-reactive ketones (excluding diaryl/α,β-unsaturated/α-hetero) is 1. The molecule has 20 heavy (non-hydrogen) atoms. The normalized spacial score (nSPS) is 31.8. The smallest absolute Gasteiger partial charge is 0.169 e. The molecule has 0 radical (unpaired) electrons. The summed E-state index contributed by atoms with van der Waals surface area (Å²) in [6.45, 7) is 0. The first-order valence-corrected chi connectivity index (χ1v) is 8.01. The molecule has 104 valence electrons. The first-order chi connectivity index (χ1) is 9.60. The monoisotopic (exact) mass is 291 g/mol. The number of benzene rings is 1. The molecule has 3 nitrogen and oxygen atoms in total. The third-order valence-electron chi connectivity index (χ3n) is 4.29. The molecule has 2 saturated heterocycles. The molecule has 0 spiro atoms. The molecule has 0 amide bonds. The molecule has 2 aliphatic heterocycles. The molecule has 0 aromatic heterocycles. The Morgan fingerprint density at radius 1 is 1.30 bits per heavy atom. The van der Waals surface area contributed by atoms with Crippen molar-refractivity contribution in [2.24, 2.45) is 5.92 Å². The van der Waals surface area contributed by atoms with Gasteiger partial charge < -0.3 is 0 Å². The first kappa shape index (κ1) is 13.4. The van der Waals surface area contributed by atoms with E-state index in [0.717, 1.165) is 12.8 Å². The van der Waals surface area contributed by atoms with E-state index in [2.05, 4.69) is 0 Å². The van der Waals surface area contributed by atoms with Gasteiger partial charge in [-0.3, -0.25) is 9.00 Å². The quantitative estimate of drug-likeness (QED) is 0.787. The zero-order valence-corrected chi connectivity index (χ0v) is 11.7. The minimum atomic E-state index is -0.822. The number of nitriles is 1. The standard InChI is InChI=1S/C15H14FNO2S/c16-14-4-1-9(8-17)5-13(14)15(18)10-6-11-2-3-12(7-10)20(11)19/h1,4-5,10-12H,2-3,6-7H2. The second kappa shape index (κ2) is 5.10. The number of nitrogens with zero attached hydrogens (tertiary/aromatic N) is 1. The van der Waals surface area contributed by atoms with Crippen molar-refractivity contribution in [1.29, 1.82) is 5.26 Å². The Balaban J connectivity index is 1.87. The molecule has 0 N–H and O–H groups in total. The van der Waals surface area contributed by atoms with E-state index < -0.39 is 16.6 Å². The van der Waals surface area contributed by atoms with Crippen molar-refractivity contribution in [3.63, 3.8) is 0 Å². The van der Waals surface area contributed by atoms with Crippen LogP contribution in [0.5, 0.6) is 0 Å². The molecule has 2 unspecified atom stereocenters. The predicted octanol–water partition coefficient (Wildman–Crippen LogP) is 2.57. The molecule has 2 atom stereocenters. The van der Waals surface area contributed by atoms with Crippen molar-refractivity contribution >= 4 is 16.6 Å². The van der Waals surface area contributed by atoms with E-state index in [9.17, 15) is 13.4 Å². The molecular weight excluding hydrogens is 277 g/mol. The highest BCUT2D eigenvalue weighted by molar-refractivity contribution is 7.86. The number of carbonyl (C=O) groups excluding carboxylic acids is 1. The summed E-state index contributed by atoms with van der Waals surface area (Å²) in [5.74, 6) is -1.07. The lowest BCUT2D eigenvalue weighted by molar-refractivity contribution is 0.0902. The fourth-order valence-corrected chi connectivity index (χ4v) is 5.38. The van der Waals surface area contributed by atoms with Crippen molar-refractivity contribution in [3.05, 3.63) is 35.1 Å². The van der Waals surface area contributed by atoms with Crippen LogP contribution in [-0.2, 0) is 10.8 Å². The van der Waals surface area contributed by atoms with Gasteiger partial charge in [0.2, 0.25) is 0 Å². The van der Waals surface area contributed by atoms with Gasteiger partial charge in [0, 0.05) is 27.2 Å². The number of carbonyl (C=O) groups is 1. The van der Waals surface area contributed by atoms with Crippen LogP contribution in [0.1, 0.15) is 41.6 Å². The van der Waals surface area contributed by atoms with Crippen LogP contribution in [0.4, 0.5) is 4.39 Å². The molecule has 3 rings (SSSR count). The van der Waals surface area contributed by atoms with Crippen LogP contribution in [0.3, 0.4) is 0 Å². The highest BCUT2D eigenvalue weighted by Gasteiger charge is 2.43. The van der Waals surface area contributed by atoms with Gasteiger partial charge in [-0.2, -0.15) is 5.26 Å². The molecule has 2 aliphatic rings. The van der Waals surface area contributed by atoms with Gasteiger partial charge in [0.15, 0.2) is 5.78 Å². The number of halogens is 1. The van der Waals surface area contributed by atoms with Crippen molar-refractivity contribution < 1.29 is 13.4 Å². The summed E-state index contributed by atoms with van der Waals surface area (Å²) < 4.78 is 25.8. The maximum Gasteiger partial charge on any atom is 0.169 e. The average Bonchev–Trinajstić information content (AvgIpc) is 2.68. The molecule has 2 bridgehead atoms. The molecular formula is C15H14FNO2S. The molecule has 2 heterocycles. The minimum absolute atomic E-state index is 0.00105. The maximum absolute atomic E-state index is 13.8. The van der Waals surface area contributed by atoms with Crippen LogP contribution in [0.2, 0.25) is 0 Å². The van der Waals surface area contributed by atoms with E-state index in [4.69, 9.17) is 5.26 Å². The first-order valence-electron chi connectivity index (χ1n) is 6.73. The third-order valence-corrected chi connectivity index (χ3v) is 6.46. The fourth-order valence-electron chi connectivity index (χ4n) is 3.25. The van der Waals surface area contributed by atoms with Crippen molar-refractivity contribution in [1.82, 2.24) is 0 Å². The van der Waals surface area contributed by atoms with Crippen LogP contribution in [0, 0.1) is 23.1 Å². The summed E-state index contributed by atoms with van der Waals surface area (Å²) in [5, 5.41) is 9.03. The SMILES string of the molecule is N#Cc1ccc(F)c(C(=O)C2CC3CCC(C2)S3=O)c1. The summed E-state index contributed by atoms with van der Waals surface area (Å²) >= 11 is 0. The van der Waals surface area contributed by atoms with E-state index in [1.165, 1.54) is 18.2 Å².